The molecular weight excluding hydrogens is 336 g/mol. The molecule has 1 amide bonds. The number of halogens is 1. The Labute approximate surface area is 140 Å². The summed E-state index contributed by atoms with van der Waals surface area (Å²) in [5, 5.41) is 3.14. The van der Waals surface area contributed by atoms with Gasteiger partial charge in [-0.1, -0.05) is 30.7 Å². The molecule has 0 saturated heterocycles. The van der Waals surface area contributed by atoms with Gasteiger partial charge in [-0.05, 0) is 42.8 Å². The van der Waals surface area contributed by atoms with Gasteiger partial charge in [-0.15, -0.1) is 0 Å². The Balaban J connectivity index is 2.24. The van der Waals surface area contributed by atoms with E-state index in [2.05, 4.69) is 10.0 Å². The number of carbonyl (C=O) groups is 1. The molecule has 2 N–H and O–H groups in total. The average Bonchev–Trinajstić information content (AvgIpc) is 2.52. The van der Waals surface area contributed by atoms with E-state index >= 15 is 0 Å². The molecule has 0 saturated carbocycles. The maximum atomic E-state index is 12.4. The molecule has 0 aliphatic carbocycles. The van der Waals surface area contributed by atoms with Gasteiger partial charge < -0.3 is 5.32 Å². The quantitative estimate of drug-likeness (QED) is 0.837. The minimum Gasteiger partial charge on any atom is -0.352 e. The molecular formula is C16H17ClN2O3S. The fraction of sp³-hybridized carbons (Fsp3) is 0.188. The molecule has 7 heteroatoms. The third-order valence-corrected chi connectivity index (χ3v) is 4.63. The first-order chi connectivity index (χ1) is 10.9. The number of sulfonamides is 1. The monoisotopic (exact) mass is 352 g/mol. The van der Waals surface area contributed by atoms with Gasteiger partial charge in [-0.25, -0.2) is 8.42 Å². The van der Waals surface area contributed by atoms with E-state index in [1.165, 1.54) is 24.3 Å². The van der Waals surface area contributed by atoms with Crippen molar-refractivity contribution in [1.29, 1.82) is 0 Å². The Hall–Kier alpha value is -2.05. The highest BCUT2D eigenvalue weighted by Gasteiger charge is 2.16. The summed E-state index contributed by atoms with van der Waals surface area (Å²) < 4.78 is 27.3. The Morgan fingerprint density at radius 1 is 1.13 bits per heavy atom. The van der Waals surface area contributed by atoms with E-state index < -0.39 is 10.0 Å². The van der Waals surface area contributed by atoms with E-state index in [1.54, 1.807) is 24.3 Å². The van der Waals surface area contributed by atoms with Gasteiger partial charge in [0.15, 0.2) is 0 Å². The van der Waals surface area contributed by atoms with Crippen LogP contribution in [0.4, 0.5) is 5.69 Å². The summed E-state index contributed by atoms with van der Waals surface area (Å²) in [6.45, 7) is 2.48. The molecule has 0 atom stereocenters. The predicted octanol–water partition coefficient (Wildman–Crippen LogP) is 3.28. The van der Waals surface area contributed by atoms with Crippen LogP contribution in [0.25, 0.3) is 0 Å². The van der Waals surface area contributed by atoms with Crippen LogP contribution in [0.1, 0.15) is 23.7 Å². The summed E-state index contributed by atoms with van der Waals surface area (Å²) in [5.74, 6) is -0.299. The van der Waals surface area contributed by atoms with E-state index in [4.69, 9.17) is 11.6 Å². The molecule has 5 nitrogen and oxygen atoms in total. The lowest BCUT2D eigenvalue weighted by atomic mass is 10.2. The Bertz CT molecular complexity index is 806. The van der Waals surface area contributed by atoms with Crippen LogP contribution in [0.15, 0.2) is 53.4 Å². The summed E-state index contributed by atoms with van der Waals surface area (Å²) in [6.07, 6.45) is 0.806. The highest BCUT2D eigenvalue weighted by atomic mass is 35.5. The molecule has 23 heavy (non-hydrogen) atoms. The van der Waals surface area contributed by atoms with Gasteiger partial charge >= 0.3 is 0 Å². The third-order valence-electron chi connectivity index (χ3n) is 3.02. The second kappa shape index (κ2) is 7.48. The lowest BCUT2D eigenvalue weighted by molar-refractivity contribution is 0.0953. The fourth-order valence-electron chi connectivity index (χ4n) is 1.91. The zero-order valence-corrected chi connectivity index (χ0v) is 14.1. The predicted molar refractivity (Wildman–Crippen MR) is 91.3 cm³/mol. The van der Waals surface area contributed by atoms with Crippen molar-refractivity contribution in [3.05, 3.63) is 59.1 Å². The minimum atomic E-state index is -3.80. The van der Waals surface area contributed by atoms with Crippen molar-refractivity contribution in [2.24, 2.45) is 0 Å². The van der Waals surface area contributed by atoms with E-state index in [-0.39, 0.29) is 10.8 Å². The molecule has 0 bridgehead atoms. The number of amides is 1. The summed E-state index contributed by atoms with van der Waals surface area (Å²) in [5.41, 5.74) is 0.658. The first-order valence-corrected chi connectivity index (χ1v) is 8.95. The fourth-order valence-corrected chi connectivity index (χ4v) is 3.20. The van der Waals surface area contributed by atoms with Gasteiger partial charge in [0.25, 0.3) is 15.9 Å². The lowest BCUT2D eigenvalue weighted by Crippen LogP contribution is -2.24. The molecule has 0 fully saturated rings. The highest BCUT2D eigenvalue weighted by molar-refractivity contribution is 7.92. The summed E-state index contributed by atoms with van der Waals surface area (Å²) in [7, 11) is -3.80. The lowest BCUT2D eigenvalue weighted by Gasteiger charge is -2.10. The third kappa shape index (κ3) is 4.71. The molecule has 0 aliphatic rings. The van der Waals surface area contributed by atoms with Crippen LogP contribution in [-0.2, 0) is 10.0 Å². The maximum Gasteiger partial charge on any atom is 0.261 e. The number of benzene rings is 2. The number of anilines is 1. The normalized spacial score (nSPS) is 11.0. The second-order valence-electron chi connectivity index (χ2n) is 4.90. The Kier molecular flexibility index (Phi) is 5.63. The van der Waals surface area contributed by atoms with Crippen LogP contribution in [0.3, 0.4) is 0 Å². The second-order valence-corrected chi connectivity index (χ2v) is 7.02. The smallest absolute Gasteiger partial charge is 0.261 e. The van der Waals surface area contributed by atoms with E-state index in [0.717, 1.165) is 6.42 Å². The van der Waals surface area contributed by atoms with E-state index in [1.807, 2.05) is 6.92 Å². The molecule has 2 aromatic rings. The first-order valence-electron chi connectivity index (χ1n) is 7.09. The van der Waals surface area contributed by atoms with Crippen molar-refractivity contribution >= 4 is 33.2 Å². The summed E-state index contributed by atoms with van der Waals surface area (Å²) >= 11 is 5.85. The van der Waals surface area contributed by atoms with Gasteiger partial charge in [0, 0.05) is 17.1 Å². The van der Waals surface area contributed by atoms with Crippen molar-refractivity contribution < 1.29 is 13.2 Å². The molecule has 0 spiro atoms. The van der Waals surface area contributed by atoms with Crippen molar-refractivity contribution in [2.45, 2.75) is 18.2 Å². The van der Waals surface area contributed by atoms with Crippen LogP contribution in [-0.4, -0.2) is 20.9 Å². The topological polar surface area (TPSA) is 75.3 Å². The van der Waals surface area contributed by atoms with Gasteiger partial charge in [-0.3, -0.25) is 9.52 Å². The molecule has 0 aliphatic heterocycles. The zero-order chi connectivity index (χ0) is 16.9. The molecule has 2 rings (SSSR count). The number of hydrogen-bond donors (Lipinski definition) is 2. The number of rotatable bonds is 6. The molecule has 0 aromatic heterocycles. The SMILES string of the molecule is CCCNC(=O)c1cccc(S(=O)(=O)Nc2cccc(Cl)c2)c1. The number of nitrogens with one attached hydrogen (secondary N) is 2. The van der Waals surface area contributed by atoms with Crippen LogP contribution in [0.5, 0.6) is 0 Å². The van der Waals surface area contributed by atoms with Gasteiger partial charge in [0.1, 0.15) is 0 Å². The molecule has 0 heterocycles. The number of carbonyl (C=O) groups excluding carboxylic acids is 1. The van der Waals surface area contributed by atoms with Crippen molar-refractivity contribution in [3.63, 3.8) is 0 Å². The standard InChI is InChI=1S/C16H17ClN2O3S/c1-2-9-18-16(20)12-5-3-8-15(10-12)23(21,22)19-14-7-4-6-13(17)11-14/h3-8,10-11,19H,2,9H2,1H3,(H,18,20). The van der Waals surface area contributed by atoms with Gasteiger partial charge in [-0.2, -0.15) is 0 Å². The Morgan fingerprint density at radius 3 is 2.57 bits per heavy atom. The largest absolute Gasteiger partial charge is 0.352 e. The van der Waals surface area contributed by atoms with Gasteiger partial charge in [0.2, 0.25) is 0 Å². The Morgan fingerprint density at radius 2 is 1.87 bits per heavy atom. The molecule has 0 radical (unpaired) electrons. The maximum absolute atomic E-state index is 12.4. The van der Waals surface area contributed by atoms with E-state index in [0.29, 0.717) is 22.8 Å². The van der Waals surface area contributed by atoms with Crippen molar-refractivity contribution in [2.75, 3.05) is 11.3 Å². The van der Waals surface area contributed by atoms with Crippen molar-refractivity contribution in [1.82, 2.24) is 5.32 Å². The van der Waals surface area contributed by atoms with Crippen LogP contribution >= 0.6 is 11.6 Å². The molecule has 2 aromatic carbocycles. The molecule has 0 unspecified atom stereocenters. The van der Waals surface area contributed by atoms with Crippen LogP contribution in [0.2, 0.25) is 5.02 Å². The summed E-state index contributed by atoms with van der Waals surface area (Å²) in [6, 6.07) is 12.3. The van der Waals surface area contributed by atoms with Gasteiger partial charge in [0.05, 0.1) is 10.6 Å². The molecule has 122 valence electrons. The zero-order valence-electron chi connectivity index (χ0n) is 12.5. The first kappa shape index (κ1) is 17.3. The van der Waals surface area contributed by atoms with Crippen LogP contribution in [0, 0.1) is 0 Å². The highest BCUT2D eigenvalue weighted by Crippen LogP contribution is 2.20. The van der Waals surface area contributed by atoms with Crippen LogP contribution < -0.4 is 10.0 Å². The van der Waals surface area contributed by atoms with Crippen molar-refractivity contribution in [3.8, 4) is 0 Å². The summed E-state index contributed by atoms with van der Waals surface area (Å²) in [4.78, 5) is 12.0. The average molecular weight is 353 g/mol. The number of hydrogen-bond acceptors (Lipinski definition) is 3. The van der Waals surface area contributed by atoms with E-state index in [9.17, 15) is 13.2 Å². The minimum absolute atomic E-state index is 0.0154.